The number of aliphatic hydroxyl groups excluding tert-OH is 1. The van der Waals surface area contributed by atoms with E-state index in [9.17, 15) is 14.3 Å². The second-order valence-electron chi connectivity index (χ2n) is 5.71. The minimum absolute atomic E-state index is 0.246. The van der Waals surface area contributed by atoms with E-state index in [4.69, 9.17) is 4.74 Å². The molecule has 1 aliphatic carbocycles. The summed E-state index contributed by atoms with van der Waals surface area (Å²) in [5, 5.41) is 10.8. The first-order valence-electron chi connectivity index (χ1n) is 10.0. The summed E-state index contributed by atoms with van der Waals surface area (Å²) in [4.78, 5) is 11.1. The molecule has 0 aliphatic heterocycles. The molecule has 0 saturated carbocycles. The van der Waals surface area contributed by atoms with Gasteiger partial charge >= 0.3 is 5.97 Å². The molecular formula is C23H35FO3. The largest absolute Gasteiger partial charge is 0.427 e. The molecule has 27 heavy (non-hydrogen) atoms. The third-order valence-corrected chi connectivity index (χ3v) is 4.15. The molecule has 1 aliphatic rings. The van der Waals surface area contributed by atoms with Crippen LogP contribution in [0.5, 0.6) is 5.75 Å². The number of carbonyl (C=O) groups excluding carboxylic acids is 1. The van der Waals surface area contributed by atoms with Gasteiger partial charge in [0.05, 0.1) is 0 Å². The second kappa shape index (κ2) is 13.3. The van der Waals surface area contributed by atoms with Crippen molar-refractivity contribution in [2.45, 2.75) is 80.3 Å². The standard InChI is InChI=1S/C19H23FO3.2C2H6/c1-4-13-6-7-14-8-9-16(23-12(3)21)11-18(14)19(22)17(13)10-15(20)5-2;2*1-2/h8-11,19,22H,4-7H2,1-3H3;2*1-2H3/b15-10+;;. The Balaban J connectivity index is 0.00000158. The van der Waals surface area contributed by atoms with Crippen LogP contribution in [0.4, 0.5) is 4.39 Å². The van der Waals surface area contributed by atoms with Crippen molar-refractivity contribution < 1.29 is 19.0 Å². The van der Waals surface area contributed by atoms with Gasteiger partial charge in [-0.15, -0.1) is 0 Å². The number of allylic oxidation sites excluding steroid dienone is 2. The fraction of sp³-hybridized carbons (Fsp3) is 0.522. The first-order valence-corrected chi connectivity index (χ1v) is 10.0. The maximum absolute atomic E-state index is 13.8. The lowest BCUT2D eigenvalue weighted by molar-refractivity contribution is -0.131. The highest BCUT2D eigenvalue weighted by molar-refractivity contribution is 5.69. The third-order valence-electron chi connectivity index (χ3n) is 4.15. The number of hydrogen-bond acceptors (Lipinski definition) is 3. The van der Waals surface area contributed by atoms with Crippen molar-refractivity contribution in [3.05, 3.63) is 52.4 Å². The van der Waals surface area contributed by atoms with E-state index >= 15 is 0 Å². The van der Waals surface area contributed by atoms with Crippen LogP contribution in [-0.2, 0) is 11.2 Å². The predicted molar refractivity (Wildman–Crippen MR) is 111 cm³/mol. The molecule has 152 valence electrons. The molecular weight excluding hydrogens is 343 g/mol. The molecule has 1 aromatic rings. The Labute approximate surface area is 163 Å². The molecule has 0 saturated heterocycles. The van der Waals surface area contributed by atoms with Crippen LogP contribution in [0.3, 0.4) is 0 Å². The zero-order chi connectivity index (χ0) is 21.0. The summed E-state index contributed by atoms with van der Waals surface area (Å²) in [5.41, 5.74) is 3.37. The van der Waals surface area contributed by atoms with Gasteiger partial charge in [0.15, 0.2) is 0 Å². The number of fused-ring (bicyclic) bond motifs is 1. The summed E-state index contributed by atoms with van der Waals surface area (Å²) in [6.07, 6.45) is 3.18. The highest BCUT2D eigenvalue weighted by Crippen LogP contribution is 2.37. The summed E-state index contributed by atoms with van der Waals surface area (Å²) in [6, 6.07) is 5.27. The normalized spacial score (nSPS) is 16.2. The maximum atomic E-state index is 13.8. The van der Waals surface area contributed by atoms with Gasteiger partial charge in [-0.2, -0.15) is 0 Å². The van der Waals surface area contributed by atoms with E-state index < -0.39 is 12.1 Å². The summed E-state index contributed by atoms with van der Waals surface area (Å²) in [6.45, 7) is 13.1. The lowest BCUT2D eigenvalue weighted by Crippen LogP contribution is -2.06. The minimum Gasteiger partial charge on any atom is -0.427 e. The van der Waals surface area contributed by atoms with E-state index in [2.05, 4.69) is 0 Å². The fourth-order valence-corrected chi connectivity index (χ4v) is 2.91. The van der Waals surface area contributed by atoms with Crippen LogP contribution >= 0.6 is 0 Å². The van der Waals surface area contributed by atoms with Gasteiger partial charge in [-0.3, -0.25) is 4.79 Å². The molecule has 4 heteroatoms. The Hall–Kier alpha value is -1.94. The number of halogens is 1. The highest BCUT2D eigenvalue weighted by atomic mass is 19.1. The second-order valence-corrected chi connectivity index (χ2v) is 5.71. The average molecular weight is 379 g/mol. The number of aryl methyl sites for hydroxylation is 1. The van der Waals surface area contributed by atoms with Crippen molar-refractivity contribution >= 4 is 5.97 Å². The molecule has 0 amide bonds. The number of benzene rings is 1. The lowest BCUT2D eigenvalue weighted by Gasteiger charge is -2.17. The van der Waals surface area contributed by atoms with Crippen molar-refractivity contribution in [3.8, 4) is 5.75 Å². The van der Waals surface area contributed by atoms with Gasteiger partial charge in [0.2, 0.25) is 0 Å². The first-order chi connectivity index (χ1) is 13.0. The monoisotopic (exact) mass is 378 g/mol. The molecule has 3 nitrogen and oxygen atoms in total. The first kappa shape index (κ1) is 25.1. The number of rotatable bonds is 4. The van der Waals surface area contributed by atoms with Crippen molar-refractivity contribution in [3.63, 3.8) is 0 Å². The van der Waals surface area contributed by atoms with Gasteiger partial charge in [-0.25, -0.2) is 4.39 Å². The van der Waals surface area contributed by atoms with Gasteiger partial charge in [0.25, 0.3) is 0 Å². The molecule has 0 heterocycles. The van der Waals surface area contributed by atoms with E-state index in [0.29, 0.717) is 23.3 Å². The summed E-state index contributed by atoms with van der Waals surface area (Å²) < 4.78 is 18.9. The summed E-state index contributed by atoms with van der Waals surface area (Å²) >= 11 is 0. The van der Waals surface area contributed by atoms with Crippen LogP contribution in [0.25, 0.3) is 0 Å². The van der Waals surface area contributed by atoms with Gasteiger partial charge < -0.3 is 9.84 Å². The molecule has 1 atom stereocenters. The minimum atomic E-state index is -0.907. The molecule has 0 bridgehead atoms. The predicted octanol–water partition coefficient (Wildman–Crippen LogP) is 6.61. The average Bonchev–Trinajstić information content (AvgIpc) is 2.81. The Morgan fingerprint density at radius 2 is 1.85 bits per heavy atom. The maximum Gasteiger partial charge on any atom is 0.308 e. The Morgan fingerprint density at radius 1 is 1.22 bits per heavy atom. The van der Waals surface area contributed by atoms with Crippen molar-refractivity contribution in [1.82, 2.24) is 0 Å². The van der Waals surface area contributed by atoms with Crippen LogP contribution < -0.4 is 4.74 Å². The number of aliphatic hydroxyl groups is 1. The lowest BCUT2D eigenvalue weighted by atomic mass is 9.95. The molecule has 0 fully saturated rings. The van der Waals surface area contributed by atoms with Gasteiger partial charge in [-0.1, -0.05) is 53.2 Å². The fourth-order valence-electron chi connectivity index (χ4n) is 2.91. The van der Waals surface area contributed by atoms with Crippen LogP contribution in [-0.4, -0.2) is 11.1 Å². The molecule has 2 rings (SSSR count). The van der Waals surface area contributed by atoms with Gasteiger partial charge in [0, 0.05) is 6.92 Å². The van der Waals surface area contributed by atoms with Gasteiger partial charge in [0.1, 0.15) is 17.7 Å². The Kier molecular flexibility index (Phi) is 12.3. The quantitative estimate of drug-likeness (QED) is 0.473. The zero-order valence-corrected chi connectivity index (χ0v) is 17.9. The SMILES string of the molecule is CC.CC.CCC1=C(/C=C(/F)CC)C(O)c2cc(OC(C)=O)ccc2CC1. The molecule has 0 radical (unpaired) electrons. The van der Waals surface area contributed by atoms with E-state index in [1.807, 2.05) is 40.7 Å². The third kappa shape index (κ3) is 7.30. The number of carbonyl (C=O) groups is 1. The number of esters is 1. The zero-order valence-electron chi connectivity index (χ0n) is 17.9. The number of hydrogen-bond donors (Lipinski definition) is 1. The molecule has 0 spiro atoms. The summed E-state index contributed by atoms with van der Waals surface area (Å²) in [7, 11) is 0. The number of ether oxygens (including phenoxy) is 1. The van der Waals surface area contributed by atoms with E-state index in [0.717, 1.165) is 30.4 Å². The van der Waals surface area contributed by atoms with Gasteiger partial charge in [-0.05, 0) is 60.6 Å². The van der Waals surface area contributed by atoms with Crippen LogP contribution in [0.1, 0.15) is 85.0 Å². The van der Waals surface area contributed by atoms with Crippen molar-refractivity contribution in [2.75, 3.05) is 0 Å². The van der Waals surface area contributed by atoms with E-state index in [-0.39, 0.29) is 5.83 Å². The Bertz CT molecular complexity index is 660. The van der Waals surface area contributed by atoms with Crippen molar-refractivity contribution in [2.24, 2.45) is 0 Å². The Morgan fingerprint density at radius 3 is 2.37 bits per heavy atom. The highest BCUT2D eigenvalue weighted by Gasteiger charge is 2.23. The van der Waals surface area contributed by atoms with E-state index in [1.165, 1.54) is 13.0 Å². The molecule has 0 aromatic heterocycles. The van der Waals surface area contributed by atoms with E-state index in [1.54, 1.807) is 19.1 Å². The van der Waals surface area contributed by atoms with Crippen LogP contribution in [0.15, 0.2) is 41.2 Å². The van der Waals surface area contributed by atoms with Crippen LogP contribution in [0, 0.1) is 0 Å². The molecule has 1 aromatic carbocycles. The molecule has 1 unspecified atom stereocenters. The summed E-state index contributed by atoms with van der Waals surface area (Å²) in [5.74, 6) is -0.255. The smallest absolute Gasteiger partial charge is 0.308 e. The van der Waals surface area contributed by atoms with Crippen LogP contribution in [0.2, 0.25) is 0 Å². The van der Waals surface area contributed by atoms with Crippen molar-refractivity contribution in [1.29, 1.82) is 0 Å². The molecule has 1 N–H and O–H groups in total. The topological polar surface area (TPSA) is 46.5 Å².